The summed E-state index contributed by atoms with van der Waals surface area (Å²) in [6.45, 7) is 0. The lowest BCUT2D eigenvalue weighted by Gasteiger charge is -2.20. The van der Waals surface area contributed by atoms with Crippen molar-refractivity contribution in [3.8, 4) is 11.5 Å². The van der Waals surface area contributed by atoms with Gasteiger partial charge in [-0.1, -0.05) is 24.3 Å². The van der Waals surface area contributed by atoms with Gasteiger partial charge >= 0.3 is 0 Å². The summed E-state index contributed by atoms with van der Waals surface area (Å²) < 4.78 is 19.5. The van der Waals surface area contributed by atoms with Crippen LogP contribution in [0.5, 0.6) is 11.5 Å². The lowest BCUT2D eigenvalue weighted by Crippen LogP contribution is -2.19. The van der Waals surface area contributed by atoms with Crippen LogP contribution in [0.2, 0.25) is 0 Å². The number of benzene rings is 2. The molecule has 0 saturated carbocycles. The molecule has 1 aliphatic heterocycles. The van der Waals surface area contributed by atoms with Crippen molar-refractivity contribution in [2.45, 2.75) is 12.8 Å². The first-order valence-corrected chi connectivity index (χ1v) is 6.08. The van der Waals surface area contributed by atoms with Gasteiger partial charge in [0.2, 0.25) is 5.91 Å². The summed E-state index contributed by atoms with van der Waals surface area (Å²) in [5.41, 5.74) is 1.34. The number of aryl methyl sites for hydroxylation is 1. The van der Waals surface area contributed by atoms with Crippen molar-refractivity contribution >= 4 is 11.6 Å². The molecule has 0 fully saturated rings. The van der Waals surface area contributed by atoms with Crippen LogP contribution in [0, 0.1) is 5.82 Å². The van der Waals surface area contributed by atoms with E-state index in [1.165, 1.54) is 6.07 Å². The van der Waals surface area contributed by atoms with Gasteiger partial charge < -0.3 is 10.1 Å². The molecule has 3 rings (SSSR count). The number of nitrogens with one attached hydrogen (secondary N) is 1. The van der Waals surface area contributed by atoms with Gasteiger partial charge in [-0.15, -0.1) is 0 Å². The number of carbonyl (C=O) groups is 1. The molecule has 0 radical (unpaired) electrons. The van der Waals surface area contributed by atoms with Gasteiger partial charge in [-0.05, 0) is 30.2 Å². The SMILES string of the molecule is O=C1CCc2ccc(F)c(Oc3ccccc3)c2N1. The first kappa shape index (κ1) is 11.7. The highest BCUT2D eigenvalue weighted by Gasteiger charge is 2.22. The standard InChI is InChI=1S/C15H12FNO2/c16-12-8-6-10-7-9-13(18)17-14(10)15(12)19-11-4-2-1-3-5-11/h1-6,8H,7,9H2,(H,17,18). The number of amides is 1. The van der Waals surface area contributed by atoms with E-state index in [9.17, 15) is 9.18 Å². The molecular weight excluding hydrogens is 245 g/mol. The molecule has 2 aromatic carbocycles. The van der Waals surface area contributed by atoms with Gasteiger partial charge in [-0.2, -0.15) is 0 Å². The van der Waals surface area contributed by atoms with Crippen molar-refractivity contribution in [2.75, 3.05) is 5.32 Å². The number of hydrogen-bond acceptors (Lipinski definition) is 2. The highest BCUT2D eigenvalue weighted by atomic mass is 19.1. The monoisotopic (exact) mass is 257 g/mol. The van der Waals surface area contributed by atoms with Crippen molar-refractivity contribution in [3.05, 3.63) is 53.8 Å². The highest BCUT2D eigenvalue weighted by Crippen LogP contribution is 2.37. The molecule has 0 aromatic heterocycles. The van der Waals surface area contributed by atoms with E-state index >= 15 is 0 Å². The lowest BCUT2D eigenvalue weighted by atomic mass is 10.0. The maximum Gasteiger partial charge on any atom is 0.224 e. The fourth-order valence-electron chi connectivity index (χ4n) is 2.10. The first-order valence-electron chi connectivity index (χ1n) is 6.08. The second-order valence-electron chi connectivity index (χ2n) is 4.37. The number of carbonyl (C=O) groups excluding carboxylic acids is 1. The van der Waals surface area contributed by atoms with Crippen molar-refractivity contribution in [1.82, 2.24) is 0 Å². The fraction of sp³-hybridized carbons (Fsp3) is 0.133. The van der Waals surface area contributed by atoms with Crippen LogP contribution >= 0.6 is 0 Å². The van der Waals surface area contributed by atoms with Gasteiger partial charge in [0, 0.05) is 6.42 Å². The minimum absolute atomic E-state index is 0.0803. The zero-order valence-electron chi connectivity index (χ0n) is 10.2. The third-order valence-corrected chi connectivity index (χ3v) is 3.04. The van der Waals surface area contributed by atoms with Crippen LogP contribution in [0.25, 0.3) is 0 Å². The number of para-hydroxylation sites is 1. The average Bonchev–Trinajstić information content (AvgIpc) is 2.43. The third kappa shape index (κ3) is 2.29. The normalized spacial score (nSPS) is 13.6. The van der Waals surface area contributed by atoms with Crippen LogP contribution in [0.3, 0.4) is 0 Å². The molecule has 4 heteroatoms. The fourth-order valence-corrected chi connectivity index (χ4v) is 2.10. The molecular formula is C15H12FNO2. The van der Waals surface area contributed by atoms with Gasteiger partial charge in [-0.3, -0.25) is 4.79 Å². The second-order valence-corrected chi connectivity index (χ2v) is 4.37. The summed E-state index contributed by atoms with van der Waals surface area (Å²) in [7, 11) is 0. The van der Waals surface area contributed by atoms with Gasteiger partial charge in [-0.25, -0.2) is 4.39 Å². The van der Waals surface area contributed by atoms with Crippen LogP contribution in [0.15, 0.2) is 42.5 Å². The Morgan fingerprint density at radius 3 is 2.63 bits per heavy atom. The van der Waals surface area contributed by atoms with Crippen LogP contribution in [0.4, 0.5) is 10.1 Å². The van der Waals surface area contributed by atoms with Crippen molar-refractivity contribution in [2.24, 2.45) is 0 Å². The predicted molar refractivity (Wildman–Crippen MR) is 69.9 cm³/mol. The molecule has 0 aliphatic carbocycles. The largest absolute Gasteiger partial charge is 0.452 e. The van der Waals surface area contributed by atoms with Crippen LogP contribution in [-0.2, 0) is 11.2 Å². The minimum Gasteiger partial charge on any atom is -0.452 e. The van der Waals surface area contributed by atoms with E-state index in [1.807, 2.05) is 6.07 Å². The predicted octanol–water partition coefficient (Wildman–Crippen LogP) is 3.50. The molecule has 0 saturated heterocycles. The molecule has 1 heterocycles. The summed E-state index contributed by atoms with van der Waals surface area (Å²) >= 11 is 0. The molecule has 0 atom stereocenters. The minimum atomic E-state index is -0.482. The topological polar surface area (TPSA) is 38.3 Å². The number of anilines is 1. The zero-order chi connectivity index (χ0) is 13.2. The second kappa shape index (κ2) is 4.72. The van der Waals surface area contributed by atoms with Crippen LogP contribution in [-0.4, -0.2) is 5.91 Å². The van der Waals surface area contributed by atoms with Gasteiger partial charge in [0.25, 0.3) is 0 Å². The van der Waals surface area contributed by atoms with Gasteiger partial charge in [0.1, 0.15) is 5.75 Å². The molecule has 2 aromatic rings. The third-order valence-electron chi connectivity index (χ3n) is 3.04. The summed E-state index contributed by atoms with van der Waals surface area (Å²) in [4.78, 5) is 11.5. The van der Waals surface area contributed by atoms with E-state index in [2.05, 4.69) is 5.32 Å². The Morgan fingerprint density at radius 2 is 1.84 bits per heavy atom. The number of fused-ring (bicyclic) bond motifs is 1. The van der Waals surface area contributed by atoms with Crippen LogP contribution in [0.1, 0.15) is 12.0 Å². The molecule has 0 unspecified atom stereocenters. The summed E-state index contributed by atoms with van der Waals surface area (Å²) in [6.07, 6.45) is 1.02. The average molecular weight is 257 g/mol. The van der Waals surface area contributed by atoms with Crippen molar-refractivity contribution < 1.29 is 13.9 Å². The van der Waals surface area contributed by atoms with E-state index in [0.29, 0.717) is 24.3 Å². The Morgan fingerprint density at radius 1 is 1.05 bits per heavy atom. The summed E-state index contributed by atoms with van der Waals surface area (Å²) in [5.74, 6) is 0.0205. The number of ether oxygens (including phenoxy) is 1. The van der Waals surface area contributed by atoms with Gasteiger partial charge in [0.05, 0.1) is 5.69 Å². The Hall–Kier alpha value is -2.36. The summed E-state index contributed by atoms with van der Waals surface area (Å²) in [5, 5.41) is 2.69. The molecule has 1 N–H and O–H groups in total. The van der Waals surface area contributed by atoms with Crippen molar-refractivity contribution in [3.63, 3.8) is 0 Å². The lowest BCUT2D eigenvalue weighted by molar-refractivity contribution is -0.116. The highest BCUT2D eigenvalue weighted by molar-refractivity contribution is 5.95. The maximum atomic E-state index is 13.9. The van der Waals surface area contributed by atoms with E-state index in [4.69, 9.17) is 4.74 Å². The maximum absolute atomic E-state index is 13.9. The molecule has 1 aliphatic rings. The quantitative estimate of drug-likeness (QED) is 0.894. The molecule has 0 bridgehead atoms. The zero-order valence-corrected chi connectivity index (χ0v) is 10.2. The van der Waals surface area contributed by atoms with E-state index in [0.717, 1.165) is 5.56 Å². The Bertz CT molecular complexity index is 626. The first-order chi connectivity index (χ1) is 9.24. The summed E-state index contributed by atoms with van der Waals surface area (Å²) in [6, 6.07) is 12.0. The number of rotatable bonds is 2. The van der Waals surface area contributed by atoms with E-state index in [-0.39, 0.29) is 11.7 Å². The Labute approximate surface area is 110 Å². The smallest absolute Gasteiger partial charge is 0.224 e. The molecule has 1 amide bonds. The molecule has 19 heavy (non-hydrogen) atoms. The van der Waals surface area contributed by atoms with E-state index < -0.39 is 5.82 Å². The van der Waals surface area contributed by atoms with Gasteiger partial charge in [0.15, 0.2) is 11.6 Å². The number of halogens is 1. The molecule has 3 nitrogen and oxygen atoms in total. The Kier molecular flexibility index (Phi) is 2.91. The molecule has 0 spiro atoms. The number of hydrogen-bond donors (Lipinski definition) is 1. The Balaban J connectivity index is 2.03. The molecule has 96 valence electrons. The van der Waals surface area contributed by atoms with Crippen LogP contribution < -0.4 is 10.1 Å². The van der Waals surface area contributed by atoms with Crippen molar-refractivity contribution in [1.29, 1.82) is 0 Å². The van der Waals surface area contributed by atoms with E-state index in [1.54, 1.807) is 30.3 Å².